The van der Waals surface area contributed by atoms with Crippen LogP contribution in [0.15, 0.2) is 24.3 Å². The van der Waals surface area contributed by atoms with E-state index in [0.29, 0.717) is 13.2 Å². The van der Waals surface area contributed by atoms with E-state index in [1.54, 1.807) is 7.11 Å². The van der Waals surface area contributed by atoms with Crippen LogP contribution in [0.5, 0.6) is 5.75 Å². The van der Waals surface area contributed by atoms with Gasteiger partial charge in [0.1, 0.15) is 5.75 Å². The van der Waals surface area contributed by atoms with Gasteiger partial charge in [-0.05, 0) is 51.4 Å². The van der Waals surface area contributed by atoms with Crippen LogP contribution in [0.1, 0.15) is 38.8 Å². The predicted octanol–water partition coefficient (Wildman–Crippen LogP) is 2.28. The van der Waals surface area contributed by atoms with Crippen molar-refractivity contribution in [3.05, 3.63) is 29.8 Å². The fourth-order valence-electron chi connectivity index (χ4n) is 2.94. The van der Waals surface area contributed by atoms with Gasteiger partial charge < -0.3 is 20.1 Å². The highest BCUT2D eigenvalue weighted by molar-refractivity contribution is 5.83. The molecule has 1 amide bonds. The Balaban J connectivity index is 2.00. The maximum atomic E-state index is 12.7. The van der Waals surface area contributed by atoms with Crippen molar-refractivity contribution in [3.8, 4) is 5.75 Å². The zero-order valence-corrected chi connectivity index (χ0v) is 14.5. The second-order valence-corrected chi connectivity index (χ2v) is 6.57. The number of hydrogen-bond donors (Lipinski definition) is 2. The smallest absolute Gasteiger partial charge is 0.230 e. The minimum absolute atomic E-state index is 0.0510. The molecule has 1 aliphatic heterocycles. The van der Waals surface area contributed by atoms with Crippen LogP contribution >= 0.6 is 0 Å². The largest absolute Gasteiger partial charge is 0.491 e. The lowest BCUT2D eigenvalue weighted by molar-refractivity contribution is -0.133. The van der Waals surface area contributed by atoms with Crippen molar-refractivity contribution in [1.29, 1.82) is 0 Å². The van der Waals surface area contributed by atoms with E-state index in [1.165, 1.54) is 0 Å². The van der Waals surface area contributed by atoms with Gasteiger partial charge in [-0.15, -0.1) is 0 Å². The molecule has 23 heavy (non-hydrogen) atoms. The van der Waals surface area contributed by atoms with Crippen LogP contribution in [0.25, 0.3) is 0 Å². The molecule has 2 rings (SSSR count). The van der Waals surface area contributed by atoms with Gasteiger partial charge in [0, 0.05) is 13.7 Å². The first-order valence-corrected chi connectivity index (χ1v) is 8.24. The van der Waals surface area contributed by atoms with E-state index in [4.69, 9.17) is 9.47 Å². The summed E-state index contributed by atoms with van der Waals surface area (Å²) in [6, 6.07) is 7.84. The van der Waals surface area contributed by atoms with Crippen molar-refractivity contribution in [2.24, 2.45) is 5.41 Å². The Morgan fingerprint density at radius 3 is 2.52 bits per heavy atom. The summed E-state index contributed by atoms with van der Waals surface area (Å²) in [5.74, 6) is 0.900. The number of carbonyl (C=O) groups is 1. The van der Waals surface area contributed by atoms with Crippen LogP contribution in [-0.4, -0.2) is 38.8 Å². The molecule has 2 atom stereocenters. The molecular weight excluding hydrogens is 292 g/mol. The second-order valence-electron chi connectivity index (χ2n) is 6.57. The number of benzene rings is 1. The van der Waals surface area contributed by atoms with Gasteiger partial charge in [-0.3, -0.25) is 4.79 Å². The lowest BCUT2D eigenvalue weighted by Crippen LogP contribution is -2.46. The Labute approximate surface area is 138 Å². The first-order chi connectivity index (χ1) is 11.0. The summed E-state index contributed by atoms with van der Waals surface area (Å²) in [5, 5.41) is 6.38. The molecule has 1 aromatic carbocycles. The number of methoxy groups -OCH3 is 1. The SMILES string of the molecule is COCC1(C(=O)NC(C)c2ccc(OC(C)C)cc2)CCNC1. The van der Waals surface area contributed by atoms with Gasteiger partial charge in [-0.25, -0.2) is 0 Å². The predicted molar refractivity (Wildman–Crippen MR) is 90.6 cm³/mol. The molecule has 1 saturated heterocycles. The molecule has 5 heteroatoms. The number of hydrogen-bond acceptors (Lipinski definition) is 4. The quantitative estimate of drug-likeness (QED) is 0.809. The normalized spacial score (nSPS) is 22.1. The molecule has 5 nitrogen and oxygen atoms in total. The Morgan fingerprint density at radius 2 is 2.00 bits per heavy atom. The van der Waals surface area contributed by atoms with Crippen molar-refractivity contribution in [3.63, 3.8) is 0 Å². The molecule has 1 aromatic rings. The minimum Gasteiger partial charge on any atom is -0.491 e. The molecule has 0 spiro atoms. The lowest BCUT2D eigenvalue weighted by Gasteiger charge is -2.28. The standard InChI is InChI=1S/C18H28N2O3/c1-13(2)23-16-7-5-15(6-8-16)14(3)20-17(21)18(12-22-4)9-10-19-11-18/h5-8,13-14,19H,9-12H2,1-4H3,(H,20,21). The summed E-state index contributed by atoms with van der Waals surface area (Å²) < 4.78 is 10.9. The Hall–Kier alpha value is -1.59. The third-order valence-corrected chi connectivity index (χ3v) is 4.25. The Morgan fingerprint density at radius 1 is 1.30 bits per heavy atom. The molecule has 0 saturated carbocycles. The number of carbonyl (C=O) groups excluding carboxylic acids is 1. The van der Waals surface area contributed by atoms with E-state index >= 15 is 0 Å². The molecule has 1 fully saturated rings. The van der Waals surface area contributed by atoms with E-state index in [-0.39, 0.29) is 18.1 Å². The van der Waals surface area contributed by atoms with Crippen LogP contribution in [-0.2, 0) is 9.53 Å². The molecule has 2 unspecified atom stereocenters. The van der Waals surface area contributed by atoms with Crippen molar-refractivity contribution < 1.29 is 14.3 Å². The van der Waals surface area contributed by atoms with E-state index in [1.807, 2.05) is 45.0 Å². The molecule has 1 aliphatic rings. The second kappa shape index (κ2) is 7.79. The fourth-order valence-corrected chi connectivity index (χ4v) is 2.94. The van der Waals surface area contributed by atoms with Gasteiger partial charge in [0.25, 0.3) is 0 Å². The topological polar surface area (TPSA) is 59.6 Å². The first kappa shape index (κ1) is 17.8. The van der Waals surface area contributed by atoms with Crippen LogP contribution in [0.4, 0.5) is 0 Å². The van der Waals surface area contributed by atoms with E-state index in [2.05, 4.69) is 10.6 Å². The molecule has 1 heterocycles. The van der Waals surface area contributed by atoms with Crippen molar-refractivity contribution in [1.82, 2.24) is 10.6 Å². The van der Waals surface area contributed by atoms with Crippen LogP contribution in [0.3, 0.4) is 0 Å². The Bertz CT molecular complexity index is 508. The van der Waals surface area contributed by atoms with Gasteiger partial charge in [0.15, 0.2) is 0 Å². The molecule has 0 bridgehead atoms. The third kappa shape index (κ3) is 4.45. The lowest BCUT2D eigenvalue weighted by atomic mass is 9.86. The van der Waals surface area contributed by atoms with Crippen LogP contribution in [0.2, 0.25) is 0 Å². The maximum absolute atomic E-state index is 12.7. The molecule has 2 N–H and O–H groups in total. The van der Waals surface area contributed by atoms with Crippen LogP contribution < -0.4 is 15.4 Å². The fraction of sp³-hybridized carbons (Fsp3) is 0.611. The van der Waals surface area contributed by atoms with Gasteiger partial charge in [0.2, 0.25) is 5.91 Å². The third-order valence-electron chi connectivity index (χ3n) is 4.25. The highest BCUT2D eigenvalue weighted by atomic mass is 16.5. The highest BCUT2D eigenvalue weighted by Crippen LogP contribution is 2.28. The van der Waals surface area contributed by atoms with E-state index in [9.17, 15) is 4.79 Å². The van der Waals surface area contributed by atoms with E-state index in [0.717, 1.165) is 24.3 Å². The zero-order valence-electron chi connectivity index (χ0n) is 14.5. The zero-order chi connectivity index (χ0) is 16.9. The average molecular weight is 320 g/mol. The first-order valence-electron chi connectivity index (χ1n) is 8.24. The minimum atomic E-state index is -0.455. The van der Waals surface area contributed by atoms with Gasteiger partial charge in [0.05, 0.1) is 24.2 Å². The maximum Gasteiger partial charge on any atom is 0.230 e. The summed E-state index contributed by atoms with van der Waals surface area (Å²) in [6.45, 7) is 7.97. The summed E-state index contributed by atoms with van der Waals surface area (Å²) in [5.41, 5.74) is 0.608. The summed E-state index contributed by atoms with van der Waals surface area (Å²) in [7, 11) is 1.64. The molecule has 0 aromatic heterocycles. The molecule has 128 valence electrons. The van der Waals surface area contributed by atoms with Gasteiger partial charge >= 0.3 is 0 Å². The highest BCUT2D eigenvalue weighted by Gasteiger charge is 2.41. The number of rotatable bonds is 7. The summed E-state index contributed by atoms with van der Waals surface area (Å²) >= 11 is 0. The monoisotopic (exact) mass is 320 g/mol. The van der Waals surface area contributed by atoms with Gasteiger partial charge in [-0.2, -0.15) is 0 Å². The van der Waals surface area contributed by atoms with Crippen molar-refractivity contribution >= 4 is 5.91 Å². The number of nitrogens with one attached hydrogen (secondary N) is 2. The molecular formula is C18H28N2O3. The number of amides is 1. The Kier molecular flexibility index (Phi) is 6.02. The molecule has 0 aliphatic carbocycles. The molecule has 0 radical (unpaired) electrons. The number of ether oxygens (including phenoxy) is 2. The van der Waals surface area contributed by atoms with Crippen LogP contribution in [0, 0.1) is 5.41 Å². The van der Waals surface area contributed by atoms with E-state index < -0.39 is 5.41 Å². The van der Waals surface area contributed by atoms with Gasteiger partial charge in [-0.1, -0.05) is 12.1 Å². The average Bonchev–Trinajstić information content (AvgIpc) is 2.97. The van der Waals surface area contributed by atoms with Crippen molar-refractivity contribution in [2.75, 3.05) is 26.8 Å². The summed E-state index contributed by atoms with van der Waals surface area (Å²) in [4.78, 5) is 12.7. The van der Waals surface area contributed by atoms with Crippen molar-refractivity contribution in [2.45, 2.75) is 39.3 Å². The summed E-state index contributed by atoms with van der Waals surface area (Å²) in [6.07, 6.45) is 0.961.